The SMILES string of the molecule is O=C(c1cnc2c(c1)N(Cc1ccccn1)C(=O)CN2)N1CCC(Cn2cccn2)CC1. The van der Waals surface area contributed by atoms with Crippen molar-refractivity contribution < 1.29 is 9.59 Å². The van der Waals surface area contributed by atoms with E-state index in [1.54, 1.807) is 29.6 Å². The van der Waals surface area contributed by atoms with Crippen molar-refractivity contribution in [1.29, 1.82) is 0 Å². The van der Waals surface area contributed by atoms with E-state index in [1.807, 2.05) is 40.0 Å². The Morgan fingerprint density at radius 1 is 1.12 bits per heavy atom. The van der Waals surface area contributed by atoms with Crippen molar-refractivity contribution in [2.75, 3.05) is 29.9 Å². The quantitative estimate of drug-likeness (QED) is 0.665. The van der Waals surface area contributed by atoms with Gasteiger partial charge in [0.05, 0.1) is 30.0 Å². The van der Waals surface area contributed by atoms with Gasteiger partial charge in [-0.2, -0.15) is 5.10 Å². The van der Waals surface area contributed by atoms with E-state index >= 15 is 0 Å². The number of carbonyl (C=O) groups excluding carboxylic acids is 2. The lowest BCUT2D eigenvalue weighted by molar-refractivity contribution is -0.117. The fourth-order valence-electron chi connectivity index (χ4n) is 4.30. The van der Waals surface area contributed by atoms with Crippen LogP contribution in [0.3, 0.4) is 0 Å². The molecule has 5 heterocycles. The van der Waals surface area contributed by atoms with E-state index in [2.05, 4.69) is 20.4 Å². The third kappa shape index (κ3) is 4.18. The molecule has 9 nitrogen and oxygen atoms in total. The predicted octanol–water partition coefficient (Wildman–Crippen LogP) is 2.18. The molecule has 2 aliphatic heterocycles. The number of rotatable bonds is 5. The van der Waals surface area contributed by atoms with Gasteiger partial charge in [-0.25, -0.2) is 4.98 Å². The Labute approximate surface area is 186 Å². The first kappa shape index (κ1) is 20.2. The Kier molecular flexibility index (Phi) is 5.53. The maximum absolute atomic E-state index is 13.2. The topological polar surface area (TPSA) is 96.2 Å². The van der Waals surface area contributed by atoms with Gasteiger partial charge in [0.2, 0.25) is 5.91 Å². The minimum absolute atomic E-state index is 0.0475. The molecule has 3 aromatic rings. The van der Waals surface area contributed by atoms with Crippen molar-refractivity contribution in [3.8, 4) is 0 Å². The summed E-state index contributed by atoms with van der Waals surface area (Å²) in [6.45, 7) is 2.80. The van der Waals surface area contributed by atoms with Crippen molar-refractivity contribution in [3.05, 3.63) is 66.4 Å². The van der Waals surface area contributed by atoms with Crippen LogP contribution >= 0.6 is 0 Å². The fraction of sp³-hybridized carbons (Fsp3) is 0.348. The molecule has 2 aliphatic rings. The molecule has 1 fully saturated rings. The van der Waals surface area contributed by atoms with Crippen LogP contribution in [0, 0.1) is 5.92 Å². The molecule has 2 amide bonds. The highest BCUT2D eigenvalue weighted by Crippen LogP contribution is 2.30. The zero-order valence-corrected chi connectivity index (χ0v) is 17.7. The number of amides is 2. The highest BCUT2D eigenvalue weighted by atomic mass is 16.2. The van der Waals surface area contributed by atoms with E-state index in [0.29, 0.717) is 42.6 Å². The summed E-state index contributed by atoms with van der Waals surface area (Å²) in [6, 6.07) is 9.31. The molecule has 5 rings (SSSR count). The molecule has 0 aromatic carbocycles. The molecule has 164 valence electrons. The molecule has 0 aliphatic carbocycles. The van der Waals surface area contributed by atoms with Crippen molar-refractivity contribution >= 4 is 23.3 Å². The molecule has 3 aromatic heterocycles. The molecule has 0 saturated carbocycles. The Morgan fingerprint density at radius 2 is 2.00 bits per heavy atom. The summed E-state index contributed by atoms with van der Waals surface area (Å²) >= 11 is 0. The van der Waals surface area contributed by atoms with Gasteiger partial charge in [0.1, 0.15) is 0 Å². The summed E-state index contributed by atoms with van der Waals surface area (Å²) in [7, 11) is 0. The number of hydrogen-bond acceptors (Lipinski definition) is 6. The van der Waals surface area contributed by atoms with Crippen molar-refractivity contribution in [1.82, 2.24) is 24.6 Å². The Bertz CT molecular complexity index is 1090. The van der Waals surface area contributed by atoms with E-state index in [9.17, 15) is 9.59 Å². The second-order valence-electron chi connectivity index (χ2n) is 8.21. The van der Waals surface area contributed by atoms with Crippen LogP contribution < -0.4 is 10.2 Å². The predicted molar refractivity (Wildman–Crippen MR) is 119 cm³/mol. The third-order valence-electron chi connectivity index (χ3n) is 6.07. The highest BCUT2D eigenvalue weighted by Gasteiger charge is 2.29. The standard InChI is InChI=1S/C23H25N7O2/c31-21-14-26-22-20(30(21)16-19-4-1-2-7-24-19)12-18(13-25-22)23(32)28-10-5-17(6-11-28)15-29-9-3-8-27-29/h1-4,7-9,12-13,17H,5-6,10-11,14-16H2,(H,25,26). The second kappa shape index (κ2) is 8.78. The number of carbonyl (C=O) groups is 2. The number of piperidine rings is 1. The maximum Gasteiger partial charge on any atom is 0.255 e. The molecule has 0 radical (unpaired) electrons. The first-order valence-electron chi connectivity index (χ1n) is 10.9. The van der Waals surface area contributed by atoms with E-state index in [0.717, 1.165) is 25.1 Å². The maximum atomic E-state index is 13.2. The van der Waals surface area contributed by atoms with Crippen molar-refractivity contribution in [2.24, 2.45) is 5.92 Å². The molecule has 32 heavy (non-hydrogen) atoms. The monoisotopic (exact) mass is 431 g/mol. The summed E-state index contributed by atoms with van der Waals surface area (Å²) in [5.74, 6) is 0.994. The van der Waals surface area contributed by atoms with Gasteiger partial charge in [-0.15, -0.1) is 0 Å². The van der Waals surface area contributed by atoms with Gasteiger partial charge in [0, 0.05) is 44.4 Å². The van der Waals surface area contributed by atoms with Crippen LogP contribution in [0.15, 0.2) is 55.1 Å². The summed E-state index contributed by atoms with van der Waals surface area (Å²) in [5.41, 5.74) is 1.90. The molecule has 9 heteroatoms. The van der Waals surface area contributed by atoms with E-state index in [4.69, 9.17) is 0 Å². The zero-order chi connectivity index (χ0) is 21.9. The molecule has 0 spiro atoms. The number of hydrogen-bond donors (Lipinski definition) is 1. The smallest absolute Gasteiger partial charge is 0.255 e. The van der Waals surface area contributed by atoms with Crippen LogP contribution in [0.1, 0.15) is 28.9 Å². The van der Waals surface area contributed by atoms with Crippen LogP contribution in [0.25, 0.3) is 0 Å². The summed E-state index contributed by atoms with van der Waals surface area (Å²) < 4.78 is 1.95. The van der Waals surface area contributed by atoms with Crippen molar-refractivity contribution in [2.45, 2.75) is 25.9 Å². The number of nitrogens with zero attached hydrogens (tertiary/aromatic N) is 6. The molecular formula is C23H25N7O2. The largest absolute Gasteiger partial charge is 0.359 e. The molecular weight excluding hydrogens is 406 g/mol. The summed E-state index contributed by atoms with van der Waals surface area (Å²) in [6.07, 6.45) is 8.95. The third-order valence-corrected chi connectivity index (χ3v) is 6.07. The van der Waals surface area contributed by atoms with E-state index in [-0.39, 0.29) is 18.4 Å². The number of fused-ring (bicyclic) bond motifs is 1. The first-order valence-corrected chi connectivity index (χ1v) is 10.9. The molecule has 1 N–H and O–H groups in total. The molecule has 0 unspecified atom stereocenters. The van der Waals surface area contributed by atoms with Crippen LogP contribution in [0.5, 0.6) is 0 Å². The summed E-state index contributed by atoms with van der Waals surface area (Å²) in [5, 5.41) is 7.33. The number of likely N-dealkylation sites (tertiary alicyclic amines) is 1. The Morgan fingerprint density at radius 3 is 2.75 bits per heavy atom. The first-order chi connectivity index (χ1) is 15.7. The number of aromatic nitrogens is 4. The average molecular weight is 432 g/mol. The molecule has 0 atom stereocenters. The van der Waals surface area contributed by atoms with Gasteiger partial charge in [-0.1, -0.05) is 6.07 Å². The van der Waals surface area contributed by atoms with Gasteiger partial charge in [0.15, 0.2) is 5.82 Å². The second-order valence-corrected chi connectivity index (χ2v) is 8.21. The lowest BCUT2D eigenvalue weighted by atomic mass is 9.96. The van der Waals surface area contributed by atoms with E-state index < -0.39 is 0 Å². The van der Waals surface area contributed by atoms with Crippen LogP contribution in [-0.4, -0.2) is 56.1 Å². The normalized spacial score (nSPS) is 16.6. The molecule has 1 saturated heterocycles. The Balaban J connectivity index is 1.29. The van der Waals surface area contributed by atoms with Gasteiger partial charge in [0.25, 0.3) is 5.91 Å². The number of anilines is 2. The lowest BCUT2D eigenvalue weighted by Crippen LogP contribution is -2.41. The highest BCUT2D eigenvalue weighted by molar-refractivity contribution is 6.04. The lowest BCUT2D eigenvalue weighted by Gasteiger charge is -2.33. The van der Waals surface area contributed by atoms with Gasteiger partial charge < -0.3 is 15.1 Å². The van der Waals surface area contributed by atoms with Crippen LogP contribution in [0.2, 0.25) is 0 Å². The minimum atomic E-state index is -0.0750. The minimum Gasteiger partial charge on any atom is -0.359 e. The van der Waals surface area contributed by atoms with Gasteiger partial charge in [-0.3, -0.25) is 19.3 Å². The number of pyridine rings is 2. The van der Waals surface area contributed by atoms with Crippen LogP contribution in [0.4, 0.5) is 11.5 Å². The zero-order valence-electron chi connectivity index (χ0n) is 17.7. The Hall–Kier alpha value is -3.75. The number of nitrogens with one attached hydrogen (secondary N) is 1. The fourth-order valence-corrected chi connectivity index (χ4v) is 4.30. The van der Waals surface area contributed by atoms with Gasteiger partial charge in [-0.05, 0) is 43.0 Å². The van der Waals surface area contributed by atoms with Crippen molar-refractivity contribution in [3.63, 3.8) is 0 Å². The average Bonchev–Trinajstić information content (AvgIpc) is 3.34. The summed E-state index contributed by atoms with van der Waals surface area (Å²) in [4.78, 5) is 38.1. The van der Waals surface area contributed by atoms with E-state index in [1.165, 1.54) is 0 Å². The van der Waals surface area contributed by atoms with Crippen LogP contribution in [-0.2, 0) is 17.9 Å². The molecule has 0 bridgehead atoms. The van der Waals surface area contributed by atoms with Gasteiger partial charge >= 0.3 is 0 Å².